The molecule has 0 aromatic heterocycles. The molecule has 0 amide bonds. The van der Waals surface area contributed by atoms with E-state index in [1.807, 2.05) is 0 Å². The monoisotopic (exact) mass is 462 g/mol. The van der Waals surface area contributed by atoms with Crippen molar-refractivity contribution in [1.82, 2.24) is 0 Å². The van der Waals surface area contributed by atoms with E-state index in [9.17, 15) is 29.4 Å². The van der Waals surface area contributed by atoms with Gasteiger partial charge in [0.05, 0.1) is 35.5 Å². The number of carbonyl (C=O) groups is 4. The largest absolute Gasteiger partial charge is 0.478 e. The van der Waals surface area contributed by atoms with Gasteiger partial charge in [-0.3, -0.25) is 0 Å². The van der Waals surface area contributed by atoms with Crippen molar-refractivity contribution in [3.8, 4) is 0 Å². The Labute approximate surface area is 195 Å². The van der Waals surface area contributed by atoms with Crippen molar-refractivity contribution < 1.29 is 38.9 Å². The van der Waals surface area contributed by atoms with Crippen LogP contribution in [0.1, 0.15) is 52.6 Å². The number of aromatic carboxylic acids is 2. The van der Waals surface area contributed by atoms with Gasteiger partial charge in [-0.05, 0) is 47.5 Å². The molecule has 174 valence electrons. The van der Waals surface area contributed by atoms with Crippen LogP contribution in [0.5, 0.6) is 0 Å². The number of carboxylic acid groups (broad SMARTS) is 2. The van der Waals surface area contributed by atoms with Gasteiger partial charge in [0.25, 0.3) is 0 Å². The van der Waals surface area contributed by atoms with E-state index >= 15 is 0 Å². The minimum absolute atomic E-state index is 0.0245. The minimum atomic E-state index is -1.25. The second kappa shape index (κ2) is 11.4. The smallest absolute Gasteiger partial charge is 0.338 e. The van der Waals surface area contributed by atoms with Gasteiger partial charge in [0.15, 0.2) is 0 Å². The Balaban J connectivity index is 1.79. The van der Waals surface area contributed by atoms with E-state index in [-0.39, 0.29) is 48.3 Å². The molecule has 0 spiro atoms. The van der Waals surface area contributed by atoms with Gasteiger partial charge >= 0.3 is 23.9 Å². The zero-order chi connectivity index (χ0) is 24.5. The van der Waals surface area contributed by atoms with Crippen molar-refractivity contribution in [3.63, 3.8) is 0 Å². The second-order valence-corrected chi connectivity index (χ2v) is 7.23. The predicted octanol–water partition coefficient (Wildman–Crippen LogP) is 3.88. The number of rotatable bonds is 10. The molecule has 0 saturated heterocycles. The molecule has 0 heterocycles. The summed E-state index contributed by atoms with van der Waals surface area (Å²) in [4.78, 5) is 48.0. The fraction of sp³-hybridized carbons (Fsp3) is 0.154. The molecule has 0 radical (unpaired) electrons. The first-order valence-electron chi connectivity index (χ1n) is 10.4. The molecule has 8 heteroatoms. The van der Waals surface area contributed by atoms with Crippen LogP contribution in [0.4, 0.5) is 0 Å². The summed E-state index contributed by atoms with van der Waals surface area (Å²) in [5, 5.41) is 19.3. The standard InChI is InChI=1S/C26H22O8/c27-23(28)21-11-12-22(24(29)30)20(14-16-34-26(32)18-9-5-2-6-10-18)19(21)13-15-33-25(31)17-7-3-1-4-8-17/h1-12H,13-16H2,(H,27,28)(H,29,30). The number of carbonyl (C=O) groups excluding carboxylic acids is 2. The molecule has 0 aliphatic heterocycles. The van der Waals surface area contributed by atoms with Gasteiger partial charge in [0.2, 0.25) is 0 Å². The van der Waals surface area contributed by atoms with Gasteiger partial charge in [-0.2, -0.15) is 0 Å². The van der Waals surface area contributed by atoms with E-state index in [0.717, 1.165) is 0 Å². The number of hydrogen-bond acceptors (Lipinski definition) is 6. The second-order valence-electron chi connectivity index (χ2n) is 7.23. The highest BCUT2D eigenvalue weighted by molar-refractivity contribution is 5.95. The Morgan fingerprint density at radius 3 is 1.24 bits per heavy atom. The van der Waals surface area contributed by atoms with Gasteiger partial charge < -0.3 is 19.7 Å². The average Bonchev–Trinajstić information content (AvgIpc) is 2.85. The lowest BCUT2D eigenvalue weighted by atomic mass is 9.92. The molecule has 0 saturated carbocycles. The first-order chi connectivity index (χ1) is 16.4. The summed E-state index contributed by atoms with van der Waals surface area (Å²) in [6, 6.07) is 19.0. The third-order valence-corrected chi connectivity index (χ3v) is 5.08. The minimum Gasteiger partial charge on any atom is -0.478 e. The molecule has 8 nitrogen and oxygen atoms in total. The van der Waals surface area contributed by atoms with Gasteiger partial charge in [0.1, 0.15) is 0 Å². The van der Waals surface area contributed by atoms with Crippen LogP contribution in [-0.2, 0) is 22.3 Å². The molecular formula is C26H22O8. The Kier molecular flexibility index (Phi) is 8.12. The first-order valence-corrected chi connectivity index (χ1v) is 10.4. The van der Waals surface area contributed by atoms with Crippen molar-refractivity contribution in [1.29, 1.82) is 0 Å². The molecule has 0 atom stereocenters. The number of ether oxygens (including phenoxy) is 2. The molecule has 3 rings (SSSR count). The highest BCUT2D eigenvalue weighted by atomic mass is 16.5. The molecule has 3 aromatic rings. The summed E-state index contributed by atoms with van der Waals surface area (Å²) in [5.41, 5.74) is 0.893. The zero-order valence-corrected chi connectivity index (χ0v) is 18.1. The van der Waals surface area contributed by atoms with E-state index in [0.29, 0.717) is 11.1 Å². The lowest BCUT2D eigenvalue weighted by molar-refractivity contribution is 0.0493. The van der Waals surface area contributed by atoms with E-state index in [2.05, 4.69) is 0 Å². The van der Waals surface area contributed by atoms with Crippen LogP contribution in [0.2, 0.25) is 0 Å². The zero-order valence-electron chi connectivity index (χ0n) is 18.1. The predicted molar refractivity (Wildman–Crippen MR) is 121 cm³/mol. The summed E-state index contributed by atoms with van der Waals surface area (Å²) >= 11 is 0. The van der Waals surface area contributed by atoms with Crippen LogP contribution in [0, 0.1) is 0 Å². The normalized spacial score (nSPS) is 10.4. The van der Waals surface area contributed by atoms with Crippen LogP contribution in [0.25, 0.3) is 0 Å². The van der Waals surface area contributed by atoms with Gasteiger partial charge in [-0.25, -0.2) is 19.2 Å². The molecule has 0 aliphatic carbocycles. The molecule has 0 bridgehead atoms. The van der Waals surface area contributed by atoms with E-state index in [4.69, 9.17) is 9.47 Å². The summed E-state index contributed by atoms with van der Waals surface area (Å²) in [5.74, 6) is -3.65. The SMILES string of the molecule is O=C(OCCc1c(C(=O)O)ccc(C(=O)O)c1CCOC(=O)c1ccccc1)c1ccccc1. The number of hydrogen-bond donors (Lipinski definition) is 2. The number of esters is 2. The molecule has 2 N–H and O–H groups in total. The maximum Gasteiger partial charge on any atom is 0.338 e. The van der Waals surface area contributed by atoms with Crippen LogP contribution < -0.4 is 0 Å². The Morgan fingerprint density at radius 2 is 0.912 bits per heavy atom. The van der Waals surface area contributed by atoms with Crippen molar-refractivity contribution in [2.75, 3.05) is 13.2 Å². The van der Waals surface area contributed by atoms with E-state index in [1.54, 1.807) is 60.7 Å². The van der Waals surface area contributed by atoms with Crippen LogP contribution in [0.3, 0.4) is 0 Å². The highest BCUT2D eigenvalue weighted by Gasteiger charge is 2.22. The fourth-order valence-corrected chi connectivity index (χ4v) is 3.47. The average molecular weight is 462 g/mol. The van der Waals surface area contributed by atoms with E-state index in [1.165, 1.54) is 12.1 Å². The summed E-state index contributed by atoms with van der Waals surface area (Å²) in [6.07, 6.45) is -0.0490. The van der Waals surface area contributed by atoms with Crippen molar-refractivity contribution in [2.45, 2.75) is 12.8 Å². The summed E-state index contributed by atoms with van der Waals surface area (Å²) < 4.78 is 10.5. The molecular weight excluding hydrogens is 440 g/mol. The lowest BCUT2D eigenvalue weighted by Gasteiger charge is -2.16. The van der Waals surface area contributed by atoms with Gasteiger partial charge in [-0.1, -0.05) is 36.4 Å². The third kappa shape index (κ3) is 6.07. The van der Waals surface area contributed by atoms with Crippen LogP contribution >= 0.6 is 0 Å². The van der Waals surface area contributed by atoms with Crippen molar-refractivity contribution in [2.24, 2.45) is 0 Å². The molecule has 3 aromatic carbocycles. The van der Waals surface area contributed by atoms with Crippen molar-refractivity contribution >= 4 is 23.9 Å². The quantitative estimate of drug-likeness (QED) is 0.435. The molecule has 0 aliphatic rings. The topological polar surface area (TPSA) is 127 Å². The summed E-state index contributed by atoms with van der Waals surface area (Å²) in [6.45, 7) is -0.318. The Hall–Kier alpha value is -4.46. The maximum atomic E-state index is 12.2. The van der Waals surface area contributed by atoms with Crippen LogP contribution in [0.15, 0.2) is 72.8 Å². The number of benzene rings is 3. The molecule has 0 unspecified atom stereocenters. The maximum absolute atomic E-state index is 12.2. The van der Waals surface area contributed by atoms with Crippen LogP contribution in [-0.4, -0.2) is 47.3 Å². The Bertz CT molecular complexity index is 1090. The first kappa shape index (κ1) is 24.2. The van der Waals surface area contributed by atoms with Crippen molar-refractivity contribution in [3.05, 3.63) is 106 Å². The summed E-state index contributed by atoms with van der Waals surface area (Å²) in [7, 11) is 0. The molecule has 0 fully saturated rings. The Morgan fingerprint density at radius 1 is 0.559 bits per heavy atom. The fourth-order valence-electron chi connectivity index (χ4n) is 3.47. The molecule has 34 heavy (non-hydrogen) atoms. The third-order valence-electron chi connectivity index (χ3n) is 5.08. The highest BCUT2D eigenvalue weighted by Crippen LogP contribution is 2.22. The lowest BCUT2D eigenvalue weighted by Crippen LogP contribution is -2.17. The van der Waals surface area contributed by atoms with Gasteiger partial charge in [-0.15, -0.1) is 0 Å². The van der Waals surface area contributed by atoms with Gasteiger partial charge in [0, 0.05) is 12.8 Å². The number of carboxylic acids is 2. The van der Waals surface area contributed by atoms with E-state index < -0.39 is 23.9 Å².